The van der Waals surface area contributed by atoms with Gasteiger partial charge in [0.1, 0.15) is 18.8 Å². The zero-order chi connectivity index (χ0) is 37.4. The number of hydrogen-bond acceptors (Lipinski definition) is 13. The number of fused-ring (bicyclic) bond motifs is 5. The van der Waals surface area contributed by atoms with Gasteiger partial charge in [0.2, 0.25) is 5.60 Å². The molecular weight excluding hydrogens is 694 g/mol. The number of pyridine rings is 2. The SMILES string of the molecule is CCCCCN1C=Nc2cccc3nc4c(c1c23)Cn1c-4cc2c(c1=O)COC(=O)[C@@]2(CC)OC(=O)OCCS(=O)(=O)CCNC(=O)OC(C)(C)C. The van der Waals surface area contributed by atoms with Gasteiger partial charge in [-0.2, -0.15) is 0 Å². The fraction of sp³-hybridized carbons (Fsp3) is 0.500. The Balaban J connectivity index is 1.25. The molecule has 16 heteroatoms. The number of anilines is 1. The van der Waals surface area contributed by atoms with Crippen molar-refractivity contribution < 1.29 is 41.7 Å². The summed E-state index contributed by atoms with van der Waals surface area (Å²) < 4.78 is 48.0. The lowest BCUT2D eigenvalue weighted by atomic mass is 9.85. The molecule has 1 aromatic carbocycles. The Bertz CT molecular complexity index is 2140. The second kappa shape index (κ2) is 14.2. The molecule has 5 heterocycles. The van der Waals surface area contributed by atoms with Gasteiger partial charge < -0.3 is 33.7 Å². The number of hydrogen-bond donors (Lipinski definition) is 1. The third-order valence-electron chi connectivity index (χ3n) is 9.21. The number of esters is 1. The first-order chi connectivity index (χ1) is 24.7. The Morgan fingerprint density at radius 2 is 1.88 bits per heavy atom. The van der Waals surface area contributed by atoms with Crippen LogP contribution in [0.4, 0.5) is 21.0 Å². The van der Waals surface area contributed by atoms with E-state index in [1.165, 1.54) is 0 Å². The van der Waals surface area contributed by atoms with E-state index in [-0.39, 0.29) is 37.2 Å². The summed E-state index contributed by atoms with van der Waals surface area (Å²) in [7, 11) is -3.76. The molecule has 0 bridgehead atoms. The summed E-state index contributed by atoms with van der Waals surface area (Å²) in [5, 5.41) is 3.28. The van der Waals surface area contributed by atoms with Crippen LogP contribution in [-0.2, 0) is 52.3 Å². The van der Waals surface area contributed by atoms with E-state index in [4.69, 9.17) is 23.9 Å². The van der Waals surface area contributed by atoms with Gasteiger partial charge in [0.05, 0.1) is 63.6 Å². The van der Waals surface area contributed by atoms with Crippen LogP contribution in [0.3, 0.4) is 0 Å². The molecule has 0 spiro atoms. The highest BCUT2D eigenvalue weighted by molar-refractivity contribution is 7.91. The monoisotopic (exact) mass is 737 g/mol. The van der Waals surface area contributed by atoms with Gasteiger partial charge in [-0.25, -0.2) is 32.8 Å². The van der Waals surface area contributed by atoms with Gasteiger partial charge in [0.15, 0.2) is 9.84 Å². The summed E-state index contributed by atoms with van der Waals surface area (Å²) in [4.78, 5) is 64.2. The van der Waals surface area contributed by atoms with Crippen molar-refractivity contribution >= 4 is 56.7 Å². The molecule has 6 rings (SSSR count). The molecule has 0 saturated heterocycles. The second-order valence-corrected chi connectivity index (χ2v) is 16.3. The predicted octanol–water partition coefficient (Wildman–Crippen LogP) is 4.85. The second-order valence-electron chi connectivity index (χ2n) is 14.0. The van der Waals surface area contributed by atoms with Crippen molar-refractivity contribution in [2.75, 3.05) is 36.1 Å². The minimum Gasteiger partial charge on any atom is -0.457 e. The quantitative estimate of drug-likeness (QED) is 0.119. The van der Waals surface area contributed by atoms with Gasteiger partial charge >= 0.3 is 18.2 Å². The molecule has 278 valence electrons. The molecule has 0 aliphatic carbocycles. The number of aromatic nitrogens is 2. The van der Waals surface area contributed by atoms with Crippen LogP contribution in [0.5, 0.6) is 0 Å². The van der Waals surface area contributed by atoms with E-state index < -0.39 is 62.9 Å². The summed E-state index contributed by atoms with van der Waals surface area (Å²) in [6, 6.07) is 7.37. The van der Waals surface area contributed by atoms with Crippen molar-refractivity contribution in [1.29, 1.82) is 0 Å². The van der Waals surface area contributed by atoms with Crippen LogP contribution >= 0.6 is 0 Å². The van der Waals surface area contributed by atoms with Crippen molar-refractivity contribution in [3.05, 3.63) is 51.3 Å². The van der Waals surface area contributed by atoms with Gasteiger partial charge in [0, 0.05) is 24.2 Å². The molecule has 1 amide bonds. The molecule has 3 aromatic rings. The number of ether oxygens (including phenoxy) is 4. The smallest absolute Gasteiger partial charge is 0.457 e. The number of sulfone groups is 1. The van der Waals surface area contributed by atoms with Crippen LogP contribution in [-0.4, -0.2) is 79.3 Å². The normalized spacial score (nSPS) is 17.2. The first-order valence-electron chi connectivity index (χ1n) is 17.4. The molecule has 1 N–H and O–H groups in total. The van der Waals surface area contributed by atoms with Crippen molar-refractivity contribution in [2.24, 2.45) is 4.99 Å². The summed E-state index contributed by atoms with van der Waals surface area (Å²) >= 11 is 0. The largest absolute Gasteiger partial charge is 0.509 e. The standard InChI is InChI=1S/C36H43N5O10S/c1-6-8-9-14-40-21-38-25-11-10-12-26-28(25)30(40)22-19-41-27(29(22)39-26)18-24-23(31(41)42)20-49-32(43)36(24,7-2)51-34(45)48-15-17-52(46,47)16-13-37-33(44)50-35(3,4)5/h10-12,18,21H,6-9,13-17,19-20H2,1-5H3,(H,37,44)/t36-/m0/s1. The maximum Gasteiger partial charge on any atom is 0.509 e. The molecule has 15 nitrogen and oxygen atoms in total. The van der Waals surface area contributed by atoms with Crippen LogP contribution in [0.25, 0.3) is 22.3 Å². The van der Waals surface area contributed by atoms with E-state index in [0.29, 0.717) is 16.9 Å². The van der Waals surface area contributed by atoms with E-state index >= 15 is 0 Å². The average Bonchev–Trinajstić information content (AvgIpc) is 3.45. The van der Waals surface area contributed by atoms with Gasteiger partial charge in [-0.05, 0) is 51.8 Å². The van der Waals surface area contributed by atoms with E-state index in [1.807, 2.05) is 24.5 Å². The number of alkyl carbamates (subject to hydrolysis) is 1. The lowest BCUT2D eigenvalue weighted by Gasteiger charge is -2.35. The zero-order valence-corrected chi connectivity index (χ0v) is 30.8. The highest BCUT2D eigenvalue weighted by Gasteiger charge is 2.51. The third kappa shape index (κ3) is 7.07. The average molecular weight is 738 g/mol. The van der Waals surface area contributed by atoms with Crippen LogP contribution in [0.2, 0.25) is 0 Å². The van der Waals surface area contributed by atoms with Gasteiger partial charge in [-0.1, -0.05) is 32.8 Å². The molecule has 0 saturated carbocycles. The number of nitrogens with zero attached hydrogens (tertiary/aromatic N) is 4. The maximum atomic E-state index is 14.1. The molecule has 2 aromatic heterocycles. The minimum atomic E-state index is -3.76. The van der Waals surface area contributed by atoms with Crippen molar-refractivity contribution in [1.82, 2.24) is 14.9 Å². The fourth-order valence-electron chi connectivity index (χ4n) is 6.71. The van der Waals surface area contributed by atoms with Crippen molar-refractivity contribution in [2.45, 2.75) is 84.7 Å². The molecule has 52 heavy (non-hydrogen) atoms. The van der Waals surface area contributed by atoms with E-state index in [2.05, 4.69) is 22.1 Å². The zero-order valence-electron chi connectivity index (χ0n) is 29.9. The van der Waals surface area contributed by atoms with E-state index in [0.717, 1.165) is 48.1 Å². The van der Waals surface area contributed by atoms with Crippen LogP contribution in [0, 0.1) is 0 Å². The maximum absolute atomic E-state index is 14.1. The molecular formula is C36H43N5O10S. The first kappa shape index (κ1) is 36.8. The number of cyclic esters (lactones) is 1. The number of nitrogens with one attached hydrogen (secondary N) is 1. The van der Waals surface area contributed by atoms with Crippen LogP contribution < -0.4 is 15.8 Å². The number of unbranched alkanes of at least 4 members (excludes halogenated alkanes) is 2. The number of carbonyl (C=O) groups excluding carboxylic acids is 3. The fourth-order valence-corrected chi connectivity index (χ4v) is 7.66. The topological polar surface area (TPSA) is 185 Å². The summed E-state index contributed by atoms with van der Waals surface area (Å²) in [5.74, 6) is -1.87. The van der Waals surface area contributed by atoms with Gasteiger partial charge in [0.25, 0.3) is 5.56 Å². The molecule has 0 radical (unpaired) electrons. The third-order valence-corrected chi connectivity index (χ3v) is 10.8. The van der Waals surface area contributed by atoms with E-state index in [9.17, 15) is 27.6 Å². The predicted molar refractivity (Wildman–Crippen MR) is 193 cm³/mol. The van der Waals surface area contributed by atoms with Gasteiger partial charge in [-0.15, -0.1) is 0 Å². The van der Waals surface area contributed by atoms with E-state index in [1.54, 1.807) is 38.3 Å². The Morgan fingerprint density at radius 1 is 1.10 bits per heavy atom. The summed E-state index contributed by atoms with van der Waals surface area (Å²) in [5.41, 5.74) is 1.47. The molecule has 3 aliphatic heterocycles. The number of benzene rings is 1. The highest BCUT2D eigenvalue weighted by atomic mass is 32.2. The van der Waals surface area contributed by atoms with Crippen molar-refractivity contribution in [3.63, 3.8) is 0 Å². The van der Waals surface area contributed by atoms with Gasteiger partial charge in [-0.3, -0.25) is 4.79 Å². The van der Waals surface area contributed by atoms with Crippen LogP contribution in [0.15, 0.2) is 34.1 Å². The number of carbonyl (C=O) groups is 3. The number of amides is 1. The number of rotatable bonds is 12. The Labute approximate surface area is 301 Å². The Morgan fingerprint density at radius 3 is 2.62 bits per heavy atom. The van der Waals surface area contributed by atoms with Crippen molar-refractivity contribution in [3.8, 4) is 11.4 Å². The molecule has 3 aliphatic rings. The highest BCUT2D eigenvalue weighted by Crippen LogP contribution is 2.47. The Hall–Kier alpha value is -4.99. The molecule has 1 atom stereocenters. The summed E-state index contributed by atoms with van der Waals surface area (Å²) in [6.07, 6.45) is 2.72. The lowest BCUT2D eigenvalue weighted by molar-refractivity contribution is -0.175. The van der Waals surface area contributed by atoms with Crippen LogP contribution in [0.1, 0.15) is 77.0 Å². The Kier molecular flexibility index (Phi) is 10.0. The minimum absolute atomic E-state index is 0.0975. The number of aliphatic imine (C=N–C) groups is 1. The molecule has 0 unspecified atom stereocenters. The summed E-state index contributed by atoms with van der Waals surface area (Å²) in [6.45, 7) is 8.67. The first-order valence-corrected chi connectivity index (χ1v) is 19.2. The molecule has 0 fully saturated rings. The lowest BCUT2D eigenvalue weighted by Crippen LogP contribution is -2.47.